The molecule has 3 aromatic rings. The standard InChI is InChI=1S/C23H22ClN3O2S/c24-18-6-3-5-17(15-18)23(29)27-12-9-16(10-13-27)22(28)26-21(20-8-4-14-30-20)19-7-1-2-11-25-19/h1-8,11,14-16,21H,9-10,12-13H2,(H,26,28). The zero-order valence-corrected chi connectivity index (χ0v) is 17.9. The van der Waals surface area contributed by atoms with Gasteiger partial charge in [0.1, 0.15) is 6.04 Å². The van der Waals surface area contributed by atoms with Gasteiger partial charge in [-0.25, -0.2) is 0 Å². The Bertz CT molecular complexity index is 1000. The van der Waals surface area contributed by atoms with Gasteiger partial charge >= 0.3 is 0 Å². The highest BCUT2D eigenvalue weighted by atomic mass is 35.5. The Kier molecular flexibility index (Phi) is 6.45. The van der Waals surface area contributed by atoms with Crippen molar-refractivity contribution < 1.29 is 9.59 Å². The summed E-state index contributed by atoms with van der Waals surface area (Å²) in [5, 5.41) is 5.72. The van der Waals surface area contributed by atoms with Crippen LogP contribution in [0.4, 0.5) is 0 Å². The van der Waals surface area contributed by atoms with Crippen LogP contribution in [-0.2, 0) is 4.79 Å². The van der Waals surface area contributed by atoms with Gasteiger partial charge in [-0.1, -0.05) is 29.8 Å². The Morgan fingerprint density at radius 3 is 2.60 bits per heavy atom. The van der Waals surface area contributed by atoms with Crippen LogP contribution in [0.1, 0.15) is 39.8 Å². The fraction of sp³-hybridized carbons (Fsp3) is 0.261. The van der Waals surface area contributed by atoms with E-state index in [2.05, 4.69) is 10.3 Å². The number of carbonyl (C=O) groups is 2. The highest BCUT2D eigenvalue weighted by molar-refractivity contribution is 7.10. The molecule has 1 N–H and O–H groups in total. The molecular weight excluding hydrogens is 418 g/mol. The van der Waals surface area contributed by atoms with Gasteiger partial charge in [0.15, 0.2) is 0 Å². The van der Waals surface area contributed by atoms with Crippen molar-refractivity contribution in [1.82, 2.24) is 15.2 Å². The number of pyridine rings is 1. The number of hydrogen-bond donors (Lipinski definition) is 1. The van der Waals surface area contributed by atoms with Crippen molar-refractivity contribution in [2.24, 2.45) is 5.92 Å². The summed E-state index contributed by atoms with van der Waals surface area (Å²) in [5.74, 6) is -0.158. The van der Waals surface area contributed by atoms with E-state index < -0.39 is 0 Å². The molecule has 3 heterocycles. The number of nitrogens with one attached hydrogen (secondary N) is 1. The number of amides is 2. The van der Waals surface area contributed by atoms with Crippen LogP contribution >= 0.6 is 22.9 Å². The van der Waals surface area contributed by atoms with Crippen LogP contribution in [0.15, 0.2) is 66.2 Å². The van der Waals surface area contributed by atoms with Crippen molar-refractivity contribution in [3.8, 4) is 0 Å². The molecule has 1 atom stereocenters. The van der Waals surface area contributed by atoms with E-state index in [-0.39, 0.29) is 23.8 Å². The third-order valence-electron chi connectivity index (χ3n) is 5.32. The van der Waals surface area contributed by atoms with Crippen LogP contribution < -0.4 is 5.32 Å². The molecule has 4 rings (SSSR count). The summed E-state index contributed by atoms with van der Waals surface area (Å²) in [6.07, 6.45) is 3.01. The molecule has 2 amide bonds. The number of nitrogens with zero attached hydrogens (tertiary/aromatic N) is 2. The molecule has 1 aliphatic rings. The lowest BCUT2D eigenvalue weighted by molar-refractivity contribution is -0.126. The molecule has 7 heteroatoms. The molecule has 1 saturated heterocycles. The van der Waals surface area contributed by atoms with Gasteiger partial charge in [-0.05, 0) is 54.6 Å². The minimum atomic E-state index is -0.259. The van der Waals surface area contributed by atoms with Gasteiger partial charge in [0.05, 0.1) is 5.69 Å². The molecule has 154 valence electrons. The first-order valence-electron chi connectivity index (χ1n) is 9.91. The van der Waals surface area contributed by atoms with Crippen molar-refractivity contribution in [2.75, 3.05) is 13.1 Å². The second-order valence-electron chi connectivity index (χ2n) is 7.29. The Labute approximate surface area is 184 Å². The normalized spacial score (nSPS) is 15.6. The van der Waals surface area contributed by atoms with Crippen LogP contribution in [-0.4, -0.2) is 34.8 Å². The van der Waals surface area contributed by atoms with Gasteiger partial charge in [0.2, 0.25) is 5.91 Å². The second kappa shape index (κ2) is 9.41. The van der Waals surface area contributed by atoms with E-state index in [0.717, 1.165) is 10.6 Å². The first-order valence-corrected chi connectivity index (χ1v) is 11.2. The van der Waals surface area contributed by atoms with Gasteiger partial charge in [-0.2, -0.15) is 0 Å². The molecular formula is C23H22ClN3O2S. The quantitative estimate of drug-likeness (QED) is 0.634. The zero-order valence-electron chi connectivity index (χ0n) is 16.3. The fourth-order valence-electron chi connectivity index (χ4n) is 3.70. The summed E-state index contributed by atoms with van der Waals surface area (Å²) in [7, 11) is 0. The van der Waals surface area contributed by atoms with Crippen molar-refractivity contribution in [3.63, 3.8) is 0 Å². The van der Waals surface area contributed by atoms with Crippen molar-refractivity contribution >= 4 is 34.8 Å². The van der Waals surface area contributed by atoms with Crippen LogP contribution in [0.25, 0.3) is 0 Å². The molecule has 0 bridgehead atoms. The molecule has 0 aliphatic carbocycles. The number of benzene rings is 1. The molecule has 30 heavy (non-hydrogen) atoms. The minimum Gasteiger partial charge on any atom is -0.343 e. The van der Waals surface area contributed by atoms with Gasteiger partial charge in [0, 0.05) is 40.7 Å². The molecule has 1 aliphatic heterocycles. The molecule has 2 aromatic heterocycles. The predicted octanol–water partition coefficient (Wildman–Crippen LogP) is 4.55. The Morgan fingerprint density at radius 2 is 1.93 bits per heavy atom. The topological polar surface area (TPSA) is 62.3 Å². The number of piperidine rings is 1. The molecule has 5 nitrogen and oxygen atoms in total. The number of halogens is 1. The first-order chi connectivity index (χ1) is 14.6. The molecule has 0 spiro atoms. The van der Waals surface area contributed by atoms with Gasteiger partial charge in [-0.15, -0.1) is 11.3 Å². The summed E-state index contributed by atoms with van der Waals surface area (Å²) < 4.78 is 0. The molecule has 0 radical (unpaired) electrons. The molecule has 1 fully saturated rings. The van der Waals surface area contributed by atoms with Gasteiger partial charge in [-0.3, -0.25) is 14.6 Å². The maximum absolute atomic E-state index is 13.0. The van der Waals surface area contributed by atoms with E-state index in [0.29, 0.717) is 36.5 Å². The average Bonchev–Trinajstić information content (AvgIpc) is 3.32. The first kappa shape index (κ1) is 20.6. The zero-order chi connectivity index (χ0) is 20.9. The lowest BCUT2D eigenvalue weighted by atomic mass is 9.94. The Morgan fingerprint density at radius 1 is 1.10 bits per heavy atom. The van der Waals surface area contributed by atoms with E-state index in [9.17, 15) is 9.59 Å². The summed E-state index contributed by atoms with van der Waals surface area (Å²) in [5.41, 5.74) is 1.40. The Balaban J connectivity index is 1.39. The number of carbonyl (C=O) groups excluding carboxylic acids is 2. The second-order valence-corrected chi connectivity index (χ2v) is 8.70. The number of likely N-dealkylation sites (tertiary alicyclic amines) is 1. The van der Waals surface area contributed by atoms with Gasteiger partial charge in [0.25, 0.3) is 5.91 Å². The molecule has 1 aromatic carbocycles. The third-order valence-corrected chi connectivity index (χ3v) is 6.49. The highest BCUT2D eigenvalue weighted by Crippen LogP contribution is 2.27. The molecule has 0 saturated carbocycles. The lowest BCUT2D eigenvalue weighted by Gasteiger charge is -2.32. The van der Waals surface area contributed by atoms with Crippen molar-refractivity contribution in [1.29, 1.82) is 0 Å². The maximum atomic E-state index is 13.0. The van der Waals surface area contributed by atoms with Crippen molar-refractivity contribution in [3.05, 3.63) is 87.3 Å². The number of rotatable bonds is 5. The van der Waals surface area contributed by atoms with Crippen LogP contribution in [0.2, 0.25) is 5.02 Å². The van der Waals surface area contributed by atoms with Crippen LogP contribution in [0.3, 0.4) is 0 Å². The molecule has 1 unspecified atom stereocenters. The minimum absolute atomic E-state index is 0.00825. The summed E-state index contributed by atoms with van der Waals surface area (Å²) in [6, 6.07) is 16.4. The van der Waals surface area contributed by atoms with Crippen molar-refractivity contribution in [2.45, 2.75) is 18.9 Å². The summed E-state index contributed by atoms with van der Waals surface area (Å²) in [6.45, 7) is 1.10. The number of hydrogen-bond acceptors (Lipinski definition) is 4. The average molecular weight is 440 g/mol. The van der Waals surface area contributed by atoms with E-state index in [1.54, 1.807) is 46.7 Å². The van der Waals surface area contributed by atoms with Gasteiger partial charge < -0.3 is 10.2 Å². The smallest absolute Gasteiger partial charge is 0.253 e. The van der Waals surface area contributed by atoms with E-state index >= 15 is 0 Å². The van der Waals surface area contributed by atoms with E-state index in [1.165, 1.54) is 0 Å². The van der Waals surface area contributed by atoms with Crippen LogP contribution in [0.5, 0.6) is 0 Å². The summed E-state index contributed by atoms with van der Waals surface area (Å²) in [4.78, 5) is 33.0. The maximum Gasteiger partial charge on any atom is 0.253 e. The summed E-state index contributed by atoms with van der Waals surface area (Å²) >= 11 is 7.61. The van der Waals surface area contributed by atoms with E-state index in [1.807, 2.05) is 35.7 Å². The number of thiophene rings is 1. The highest BCUT2D eigenvalue weighted by Gasteiger charge is 2.30. The monoisotopic (exact) mass is 439 g/mol. The largest absolute Gasteiger partial charge is 0.343 e. The van der Waals surface area contributed by atoms with E-state index in [4.69, 9.17) is 11.6 Å². The third kappa shape index (κ3) is 4.71. The van der Waals surface area contributed by atoms with Crippen LogP contribution in [0, 0.1) is 5.92 Å². The number of aromatic nitrogens is 1. The fourth-order valence-corrected chi connectivity index (χ4v) is 4.68. The Hall–Kier alpha value is -2.70. The lowest BCUT2D eigenvalue weighted by Crippen LogP contribution is -2.43. The SMILES string of the molecule is O=C(NC(c1ccccn1)c1cccs1)C1CCN(C(=O)c2cccc(Cl)c2)CC1. The predicted molar refractivity (Wildman–Crippen MR) is 119 cm³/mol.